The molecule has 0 saturated heterocycles. The minimum Gasteiger partial charge on any atom is -0.466 e. The lowest BCUT2D eigenvalue weighted by atomic mass is 9.86. The molecule has 3 aliphatic rings. The van der Waals surface area contributed by atoms with Gasteiger partial charge in [-0.05, 0) is 83.0 Å². The van der Waals surface area contributed by atoms with Crippen molar-refractivity contribution in [1.82, 2.24) is 25.8 Å². The van der Waals surface area contributed by atoms with Crippen molar-refractivity contribution < 1.29 is 33.4 Å². The van der Waals surface area contributed by atoms with Crippen molar-refractivity contribution in [3.8, 4) is 0 Å². The number of methoxy groups -OCH3 is 1. The van der Waals surface area contributed by atoms with Crippen molar-refractivity contribution in [2.45, 2.75) is 142 Å². The number of esters is 1. The molecule has 0 aromatic carbocycles. The van der Waals surface area contributed by atoms with Gasteiger partial charge in [0.25, 0.3) is 0 Å². The molecule has 4 unspecified atom stereocenters. The predicted octanol–water partition coefficient (Wildman–Crippen LogP) is 4.15. The number of ether oxygens (including phenoxy) is 2. The van der Waals surface area contributed by atoms with Crippen LogP contribution in [0, 0.1) is 17.8 Å². The molecule has 4 atom stereocenters. The third-order valence-corrected chi connectivity index (χ3v) is 10.4. The molecule has 274 valence electrons. The Bertz CT molecular complexity index is 1050. The molecule has 0 aromatic rings. The summed E-state index contributed by atoms with van der Waals surface area (Å²) in [6.45, 7) is 8.49. The SMILES string of the molecule is CCOC(=O)CCN(CC(=O)N(CCC(C)C)CC(=O)NC1CCC(NC(=O)NC2CCCCC2C)CC1)C(=O)C1CCCC(OC)C1. The maximum absolute atomic E-state index is 13.7. The average molecular weight is 678 g/mol. The number of urea groups is 1. The van der Waals surface area contributed by atoms with Crippen molar-refractivity contribution in [3.05, 3.63) is 0 Å². The van der Waals surface area contributed by atoms with E-state index in [1.165, 1.54) is 11.3 Å². The quantitative estimate of drug-likeness (QED) is 0.208. The van der Waals surface area contributed by atoms with Crippen molar-refractivity contribution in [2.24, 2.45) is 17.8 Å². The second-order valence-corrected chi connectivity index (χ2v) is 14.6. The number of carbonyl (C=O) groups excluding carboxylic acids is 5. The fourth-order valence-corrected chi connectivity index (χ4v) is 7.29. The van der Waals surface area contributed by atoms with Crippen LogP contribution in [0.2, 0.25) is 0 Å². The highest BCUT2D eigenvalue weighted by Gasteiger charge is 2.33. The van der Waals surface area contributed by atoms with Gasteiger partial charge in [0.1, 0.15) is 0 Å². The lowest BCUT2D eigenvalue weighted by molar-refractivity contribution is -0.148. The highest BCUT2D eigenvalue weighted by atomic mass is 16.5. The van der Waals surface area contributed by atoms with E-state index in [0.717, 1.165) is 57.8 Å². The van der Waals surface area contributed by atoms with Gasteiger partial charge in [0.15, 0.2) is 0 Å². The second kappa shape index (κ2) is 20.6. The normalized spacial score (nSPS) is 25.9. The van der Waals surface area contributed by atoms with Crippen LogP contribution < -0.4 is 16.0 Å². The monoisotopic (exact) mass is 677 g/mol. The maximum Gasteiger partial charge on any atom is 0.315 e. The van der Waals surface area contributed by atoms with E-state index in [1.54, 1.807) is 18.9 Å². The molecular weight excluding hydrogens is 614 g/mol. The second-order valence-electron chi connectivity index (χ2n) is 14.6. The third kappa shape index (κ3) is 13.6. The van der Waals surface area contributed by atoms with Gasteiger partial charge in [0, 0.05) is 44.2 Å². The average Bonchev–Trinajstić information content (AvgIpc) is 3.06. The van der Waals surface area contributed by atoms with Crippen LogP contribution in [0.4, 0.5) is 4.79 Å². The van der Waals surface area contributed by atoms with Crippen LogP contribution in [-0.4, -0.2) is 104 Å². The largest absolute Gasteiger partial charge is 0.466 e. The van der Waals surface area contributed by atoms with Crippen molar-refractivity contribution >= 4 is 29.7 Å². The fourth-order valence-electron chi connectivity index (χ4n) is 7.29. The lowest BCUT2D eigenvalue weighted by Gasteiger charge is -2.34. The summed E-state index contributed by atoms with van der Waals surface area (Å²) >= 11 is 0. The molecule has 3 aliphatic carbocycles. The van der Waals surface area contributed by atoms with Crippen molar-refractivity contribution in [2.75, 3.05) is 39.9 Å². The Hall–Kier alpha value is -2.89. The maximum atomic E-state index is 13.7. The van der Waals surface area contributed by atoms with Gasteiger partial charge in [-0.1, -0.05) is 40.0 Å². The summed E-state index contributed by atoms with van der Waals surface area (Å²) in [6.07, 6.45) is 11.4. The summed E-state index contributed by atoms with van der Waals surface area (Å²) in [4.78, 5) is 68.5. The molecule has 0 bridgehead atoms. The minimum atomic E-state index is -0.415. The number of amides is 5. The van der Waals surface area contributed by atoms with Gasteiger partial charge in [-0.15, -0.1) is 0 Å². The van der Waals surface area contributed by atoms with Crippen LogP contribution in [0.5, 0.6) is 0 Å². The van der Waals surface area contributed by atoms with E-state index < -0.39 is 5.97 Å². The zero-order valence-corrected chi connectivity index (χ0v) is 30.2. The van der Waals surface area contributed by atoms with E-state index in [9.17, 15) is 24.0 Å². The Balaban J connectivity index is 1.54. The van der Waals surface area contributed by atoms with Crippen LogP contribution in [-0.2, 0) is 28.7 Å². The van der Waals surface area contributed by atoms with E-state index in [4.69, 9.17) is 9.47 Å². The summed E-state index contributed by atoms with van der Waals surface area (Å²) in [5.41, 5.74) is 0. The number of hydrogen-bond acceptors (Lipinski definition) is 7. The molecule has 12 heteroatoms. The first kappa shape index (κ1) is 39.5. The Morgan fingerprint density at radius 3 is 2.12 bits per heavy atom. The van der Waals surface area contributed by atoms with Crippen LogP contribution >= 0.6 is 0 Å². The number of nitrogens with one attached hydrogen (secondary N) is 3. The van der Waals surface area contributed by atoms with Gasteiger partial charge in [0.2, 0.25) is 17.7 Å². The smallest absolute Gasteiger partial charge is 0.315 e. The van der Waals surface area contributed by atoms with Gasteiger partial charge in [-0.2, -0.15) is 0 Å². The van der Waals surface area contributed by atoms with E-state index in [-0.39, 0.29) is 86.6 Å². The molecule has 48 heavy (non-hydrogen) atoms. The summed E-state index contributed by atoms with van der Waals surface area (Å²) < 4.78 is 10.6. The Labute approximate surface area is 288 Å². The third-order valence-electron chi connectivity index (χ3n) is 10.4. The summed E-state index contributed by atoms with van der Waals surface area (Å²) in [5.74, 6) is -0.579. The Kier molecular flexibility index (Phi) is 17.0. The first-order valence-electron chi connectivity index (χ1n) is 18.6. The number of carbonyl (C=O) groups is 5. The fraction of sp³-hybridized carbons (Fsp3) is 0.861. The van der Waals surface area contributed by atoms with Crippen LogP contribution in [0.3, 0.4) is 0 Å². The molecular formula is C36H63N5O7. The standard InChI is InChI=1S/C36H63N5O7/c1-6-48-34(44)19-21-41(35(45)27-11-9-12-30(22-27)47-5)24-33(43)40(20-18-25(2)3)23-32(42)37-28-14-16-29(17-15-28)38-36(46)39-31-13-8-7-10-26(31)4/h25-31H,6-24H2,1-5H3,(H,37,42)(H2,38,39,46). The van der Waals surface area contributed by atoms with Crippen LogP contribution in [0.1, 0.15) is 118 Å². The highest BCUT2D eigenvalue weighted by Crippen LogP contribution is 2.28. The molecule has 3 saturated carbocycles. The molecule has 3 rings (SSSR count). The molecule has 0 aliphatic heterocycles. The Morgan fingerprint density at radius 2 is 1.48 bits per heavy atom. The highest BCUT2D eigenvalue weighted by molar-refractivity contribution is 5.89. The number of hydrogen-bond donors (Lipinski definition) is 3. The molecule has 5 amide bonds. The van der Waals surface area contributed by atoms with Gasteiger partial charge < -0.3 is 35.2 Å². The number of rotatable bonds is 16. The van der Waals surface area contributed by atoms with E-state index in [1.807, 2.05) is 0 Å². The van der Waals surface area contributed by atoms with E-state index in [2.05, 4.69) is 36.7 Å². The predicted molar refractivity (Wildman–Crippen MR) is 184 cm³/mol. The van der Waals surface area contributed by atoms with E-state index in [0.29, 0.717) is 37.6 Å². The molecule has 0 heterocycles. The Morgan fingerprint density at radius 1 is 0.792 bits per heavy atom. The van der Waals surface area contributed by atoms with Crippen molar-refractivity contribution in [1.29, 1.82) is 0 Å². The van der Waals surface area contributed by atoms with Gasteiger partial charge in [-0.3, -0.25) is 19.2 Å². The summed E-state index contributed by atoms with van der Waals surface area (Å²) in [5, 5.41) is 9.41. The van der Waals surface area contributed by atoms with Crippen molar-refractivity contribution in [3.63, 3.8) is 0 Å². The van der Waals surface area contributed by atoms with Gasteiger partial charge in [-0.25, -0.2) is 4.79 Å². The zero-order valence-electron chi connectivity index (χ0n) is 30.2. The zero-order chi connectivity index (χ0) is 35.1. The molecule has 0 spiro atoms. The van der Waals surface area contributed by atoms with Gasteiger partial charge >= 0.3 is 12.0 Å². The number of nitrogens with zero attached hydrogens (tertiary/aromatic N) is 2. The van der Waals surface area contributed by atoms with Gasteiger partial charge in [0.05, 0.1) is 32.2 Å². The molecule has 3 N–H and O–H groups in total. The minimum absolute atomic E-state index is 0.00133. The van der Waals surface area contributed by atoms with Crippen LogP contribution in [0.25, 0.3) is 0 Å². The first-order valence-corrected chi connectivity index (χ1v) is 18.6. The molecule has 3 fully saturated rings. The lowest BCUT2D eigenvalue weighted by Crippen LogP contribution is -2.52. The molecule has 0 radical (unpaired) electrons. The molecule has 12 nitrogen and oxygen atoms in total. The van der Waals surface area contributed by atoms with Crippen LogP contribution in [0.15, 0.2) is 0 Å². The first-order chi connectivity index (χ1) is 23.0. The molecule has 0 aromatic heterocycles. The summed E-state index contributed by atoms with van der Waals surface area (Å²) in [7, 11) is 1.65. The topological polar surface area (TPSA) is 146 Å². The van der Waals surface area contributed by atoms with E-state index >= 15 is 0 Å². The summed E-state index contributed by atoms with van der Waals surface area (Å²) in [6, 6.07) is 0.176.